The van der Waals surface area contributed by atoms with Gasteiger partial charge < -0.3 is 4.74 Å². The molecule has 2 nitrogen and oxygen atoms in total. The van der Waals surface area contributed by atoms with Crippen LogP contribution in [0.15, 0.2) is 28.7 Å². The fourth-order valence-corrected chi connectivity index (χ4v) is 3.34. The smallest absolute Gasteiger partial charge is 0.338 e. The van der Waals surface area contributed by atoms with Gasteiger partial charge in [-0.1, -0.05) is 87.6 Å². The van der Waals surface area contributed by atoms with Gasteiger partial charge in [0, 0.05) is 4.47 Å². The third kappa shape index (κ3) is 10.7. The summed E-state index contributed by atoms with van der Waals surface area (Å²) in [5, 5.41) is 0. The minimum Gasteiger partial charge on any atom is -0.459 e. The molecule has 0 aromatic heterocycles. The molecule has 0 N–H and O–H groups in total. The summed E-state index contributed by atoms with van der Waals surface area (Å²) in [6.07, 6.45) is 15.0. The van der Waals surface area contributed by atoms with Crippen molar-refractivity contribution < 1.29 is 9.53 Å². The zero-order valence-corrected chi connectivity index (χ0v) is 17.7. The van der Waals surface area contributed by atoms with Gasteiger partial charge in [-0.2, -0.15) is 0 Å². The van der Waals surface area contributed by atoms with Gasteiger partial charge >= 0.3 is 5.97 Å². The van der Waals surface area contributed by atoms with Gasteiger partial charge in [0.25, 0.3) is 0 Å². The van der Waals surface area contributed by atoms with Crippen molar-refractivity contribution in [3.05, 3.63) is 34.3 Å². The van der Waals surface area contributed by atoms with Crippen LogP contribution in [0, 0.1) is 0 Å². The maximum Gasteiger partial charge on any atom is 0.338 e. The molecule has 0 aliphatic rings. The zero-order chi connectivity index (χ0) is 18.3. The van der Waals surface area contributed by atoms with Gasteiger partial charge in [0.1, 0.15) is 6.10 Å². The van der Waals surface area contributed by atoms with Gasteiger partial charge in [-0.25, -0.2) is 4.79 Å². The largest absolute Gasteiger partial charge is 0.459 e. The van der Waals surface area contributed by atoms with Crippen LogP contribution in [0.5, 0.6) is 0 Å². The number of hydrogen-bond acceptors (Lipinski definition) is 2. The molecule has 25 heavy (non-hydrogen) atoms. The molecule has 1 rings (SSSR count). The molecule has 0 bridgehead atoms. The summed E-state index contributed by atoms with van der Waals surface area (Å²) in [7, 11) is 0. The maximum absolute atomic E-state index is 12.3. The summed E-state index contributed by atoms with van der Waals surface area (Å²) in [5.41, 5.74) is 0.636. The number of halogens is 1. The standard InChI is InChI=1S/C22H35BrO2/c1-3-5-6-7-8-9-10-11-12-14-21(13-4-2)25-22(24)19-15-17-20(23)18-16-19/h15-18,21H,3-14H2,1-2H3. The molecule has 1 aromatic carbocycles. The van der Waals surface area contributed by atoms with E-state index in [0.29, 0.717) is 5.56 Å². The molecule has 0 heterocycles. The predicted octanol–water partition coefficient (Wildman–Crippen LogP) is 7.70. The average Bonchev–Trinajstić information content (AvgIpc) is 2.61. The van der Waals surface area contributed by atoms with Crippen LogP contribution >= 0.6 is 15.9 Å². The Kier molecular flexibility index (Phi) is 12.8. The molecule has 1 unspecified atom stereocenters. The molecule has 0 radical (unpaired) electrons. The van der Waals surface area contributed by atoms with E-state index < -0.39 is 0 Å². The second-order valence-corrected chi connectivity index (χ2v) is 7.86. The molecule has 0 saturated heterocycles. The van der Waals surface area contributed by atoms with E-state index in [9.17, 15) is 4.79 Å². The highest BCUT2D eigenvalue weighted by molar-refractivity contribution is 9.10. The highest BCUT2D eigenvalue weighted by atomic mass is 79.9. The van der Waals surface area contributed by atoms with Crippen LogP contribution in [0.25, 0.3) is 0 Å². The Morgan fingerprint density at radius 3 is 1.96 bits per heavy atom. The van der Waals surface area contributed by atoms with Crippen molar-refractivity contribution >= 4 is 21.9 Å². The fourth-order valence-electron chi connectivity index (χ4n) is 3.07. The first-order chi connectivity index (χ1) is 12.2. The lowest BCUT2D eigenvalue weighted by molar-refractivity contribution is 0.0253. The number of hydrogen-bond donors (Lipinski definition) is 0. The van der Waals surface area contributed by atoms with E-state index in [1.54, 1.807) is 0 Å². The molecule has 0 fully saturated rings. The minimum absolute atomic E-state index is 0.0608. The normalized spacial score (nSPS) is 12.1. The topological polar surface area (TPSA) is 26.3 Å². The highest BCUT2D eigenvalue weighted by Crippen LogP contribution is 2.17. The van der Waals surface area contributed by atoms with Gasteiger partial charge in [0.15, 0.2) is 0 Å². The highest BCUT2D eigenvalue weighted by Gasteiger charge is 2.15. The summed E-state index contributed by atoms with van der Waals surface area (Å²) in [5.74, 6) is -0.193. The van der Waals surface area contributed by atoms with Crippen molar-refractivity contribution in [2.75, 3.05) is 0 Å². The van der Waals surface area contributed by atoms with E-state index in [2.05, 4.69) is 29.8 Å². The van der Waals surface area contributed by atoms with E-state index >= 15 is 0 Å². The van der Waals surface area contributed by atoms with Crippen LogP contribution in [0.2, 0.25) is 0 Å². The molecule has 0 aliphatic carbocycles. The van der Waals surface area contributed by atoms with E-state index in [1.807, 2.05) is 24.3 Å². The monoisotopic (exact) mass is 410 g/mol. The van der Waals surface area contributed by atoms with Crippen LogP contribution in [0.4, 0.5) is 0 Å². The van der Waals surface area contributed by atoms with Gasteiger partial charge in [0.05, 0.1) is 5.56 Å². The molecule has 1 aromatic rings. The van der Waals surface area contributed by atoms with Crippen molar-refractivity contribution in [1.29, 1.82) is 0 Å². The average molecular weight is 411 g/mol. The lowest BCUT2D eigenvalue weighted by atomic mass is 10.0. The van der Waals surface area contributed by atoms with E-state index in [-0.39, 0.29) is 12.1 Å². The van der Waals surface area contributed by atoms with Crippen molar-refractivity contribution in [1.82, 2.24) is 0 Å². The first-order valence-corrected chi connectivity index (χ1v) is 10.9. The van der Waals surface area contributed by atoms with Crippen LogP contribution in [0.3, 0.4) is 0 Å². The first-order valence-electron chi connectivity index (χ1n) is 10.1. The Morgan fingerprint density at radius 1 is 0.840 bits per heavy atom. The lowest BCUT2D eigenvalue weighted by Crippen LogP contribution is -2.18. The van der Waals surface area contributed by atoms with E-state index in [4.69, 9.17) is 4.74 Å². The number of carbonyl (C=O) groups excluding carboxylic acids is 1. The first kappa shape index (κ1) is 22.2. The van der Waals surface area contributed by atoms with Crippen molar-refractivity contribution in [2.24, 2.45) is 0 Å². The van der Waals surface area contributed by atoms with E-state index in [0.717, 1.165) is 30.2 Å². The number of unbranched alkanes of at least 4 members (excludes halogenated alkanes) is 8. The summed E-state index contributed by atoms with van der Waals surface area (Å²) >= 11 is 3.39. The summed E-state index contributed by atoms with van der Waals surface area (Å²) in [4.78, 5) is 12.3. The number of rotatable bonds is 14. The van der Waals surface area contributed by atoms with Crippen molar-refractivity contribution in [3.8, 4) is 0 Å². The molecule has 0 saturated carbocycles. The SMILES string of the molecule is CCCCCCCCCCCC(CCC)OC(=O)c1ccc(Br)cc1. The van der Waals surface area contributed by atoms with Gasteiger partial charge in [-0.3, -0.25) is 0 Å². The lowest BCUT2D eigenvalue weighted by Gasteiger charge is -2.17. The molecule has 0 spiro atoms. The number of benzene rings is 1. The second-order valence-electron chi connectivity index (χ2n) is 6.94. The van der Waals surface area contributed by atoms with Gasteiger partial charge in [0.2, 0.25) is 0 Å². The Bertz CT molecular complexity index is 456. The van der Waals surface area contributed by atoms with Gasteiger partial charge in [-0.05, 0) is 43.5 Å². The minimum atomic E-state index is -0.193. The fraction of sp³-hybridized carbons (Fsp3) is 0.682. The third-order valence-corrected chi connectivity index (χ3v) is 5.12. The maximum atomic E-state index is 12.3. The summed E-state index contributed by atoms with van der Waals surface area (Å²) in [6, 6.07) is 7.39. The molecular formula is C22H35BrO2. The predicted molar refractivity (Wildman–Crippen MR) is 110 cm³/mol. The van der Waals surface area contributed by atoms with E-state index in [1.165, 1.54) is 51.4 Å². The Labute approximate surface area is 162 Å². The van der Waals surface area contributed by atoms with Crippen molar-refractivity contribution in [3.63, 3.8) is 0 Å². The van der Waals surface area contributed by atoms with Crippen LogP contribution in [0.1, 0.15) is 101 Å². The van der Waals surface area contributed by atoms with Crippen molar-refractivity contribution in [2.45, 2.75) is 97.0 Å². The second kappa shape index (κ2) is 14.4. The molecular weight excluding hydrogens is 376 g/mol. The van der Waals surface area contributed by atoms with Crippen LogP contribution < -0.4 is 0 Å². The summed E-state index contributed by atoms with van der Waals surface area (Å²) < 4.78 is 6.71. The number of ether oxygens (including phenoxy) is 1. The number of carbonyl (C=O) groups is 1. The quantitative estimate of drug-likeness (QED) is 0.232. The van der Waals surface area contributed by atoms with Gasteiger partial charge in [-0.15, -0.1) is 0 Å². The molecule has 0 amide bonds. The van der Waals surface area contributed by atoms with Crippen LogP contribution in [-0.4, -0.2) is 12.1 Å². The molecule has 0 aliphatic heterocycles. The summed E-state index contributed by atoms with van der Waals surface area (Å²) in [6.45, 7) is 4.41. The Hall–Kier alpha value is -0.830. The Morgan fingerprint density at radius 2 is 1.40 bits per heavy atom. The Balaban J connectivity index is 2.21. The molecule has 1 atom stereocenters. The number of esters is 1. The zero-order valence-electron chi connectivity index (χ0n) is 16.1. The third-order valence-electron chi connectivity index (χ3n) is 4.59. The molecule has 142 valence electrons. The molecule has 3 heteroatoms. The van der Waals surface area contributed by atoms with Crippen LogP contribution in [-0.2, 0) is 4.74 Å².